The molecule has 0 spiro atoms. The Morgan fingerprint density at radius 2 is 2.00 bits per heavy atom. The van der Waals surface area contributed by atoms with Gasteiger partial charge in [-0.25, -0.2) is 9.48 Å². The standard InChI is InChI=1S/C15H19N3O2/c1-9(2)7-13-14(15(19)20)16-17-18(13)12-6-5-10(3)11(4)8-12/h5-6,8-9H,7H2,1-4H3,(H,19,20). The summed E-state index contributed by atoms with van der Waals surface area (Å²) in [6, 6.07) is 5.94. The number of hydrogen-bond donors (Lipinski definition) is 1. The molecule has 0 radical (unpaired) electrons. The number of hydrogen-bond acceptors (Lipinski definition) is 3. The van der Waals surface area contributed by atoms with Crippen LogP contribution in [0.1, 0.15) is 41.2 Å². The molecule has 0 aliphatic rings. The Balaban J connectivity index is 2.55. The predicted molar refractivity (Wildman–Crippen MR) is 76.3 cm³/mol. The van der Waals surface area contributed by atoms with E-state index in [9.17, 15) is 9.90 Å². The minimum atomic E-state index is -1.03. The molecule has 0 amide bonds. The van der Waals surface area contributed by atoms with Crippen LogP contribution in [-0.4, -0.2) is 26.1 Å². The molecule has 1 aromatic carbocycles. The molecule has 2 rings (SSSR count). The van der Waals surface area contributed by atoms with Crippen molar-refractivity contribution in [2.24, 2.45) is 5.92 Å². The van der Waals surface area contributed by atoms with Crippen LogP contribution >= 0.6 is 0 Å². The maximum atomic E-state index is 11.3. The van der Waals surface area contributed by atoms with Crippen LogP contribution in [0.3, 0.4) is 0 Å². The zero-order valence-electron chi connectivity index (χ0n) is 12.2. The molecule has 0 atom stereocenters. The second kappa shape index (κ2) is 5.45. The molecule has 1 heterocycles. The van der Waals surface area contributed by atoms with Crippen LogP contribution in [0.25, 0.3) is 5.69 Å². The maximum Gasteiger partial charge on any atom is 0.358 e. The van der Waals surface area contributed by atoms with Crippen LogP contribution in [0.2, 0.25) is 0 Å². The van der Waals surface area contributed by atoms with Gasteiger partial charge in [-0.2, -0.15) is 0 Å². The zero-order chi connectivity index (χ0) is 14.9. The van der Waals surface area contributed by atoms with Gasteiger partial charge in [0, 0.05) is 0 Å². The van der Waals surface area contributed by atoms with Crippen molar-refractivity contribution >= 4 is 5.97 Å². The van der Waals surface area contributed by atoms with Gasteiger partial charge < -0.3 is 5.11 Å². The zero-order valence-corrected chi connectivity index (χ0v) is 12.2. The van der Waals surface area contributed by atoms with Crippen LogP contribution in [0.15, 0.2) is 18.2 Å². The largest absolute Gasteiger partial charge is 0.476 e. The molecule has 5 nitrogen and oxygen atoms in total. The molecule has 0 saturated heterocycles. The van der Waals surface area contributed by atoms with Crippen molar-refractivity contribution in [1.82, 2.24) is 15.0 Å². The fraction of sp³-hybridized carbons (Fsp3) is 0.400. The molecule has 0 unspecified atom stereocenters. The first-order valence-electron chi connectivity index (χ1n) is 6.65. The van der Waals surface area contributed by atoms with E-state index in [1.54, 1.807) is 4.68 Å². The summed E-state index contributed by atoms with van der Waals surface area (Å²) in [7, 11) is 0. The van der Waals surface area contributed by atoms with Gasteiger partial charge in [0.1, 0.15) is 0 Å². The molecule has 0 bridgehead atoms. The van der Waals surface area contributed by atoms with Crippen LogP contribution in [-0.2, 0) is 6.42 Å². The lowest BCUT2D eigenvalue weighted by molar-refractivity contribution is 0.0689. The van der Waals surface area contributed by atoms with Gasteiger partial charge in [0.15, 0.2) is 5.69 Å². The first kappa shape index (κ1) is 14.2. The lowest BCUT2D eigenvalue weighted by Crippen LogP contribution is -2.10. The van der Waals surface area contributed by atoms with Crippen molar-refractivity contribution in [3.05, 3.63) is 40.7 Å². The molecule has 20 heavy (non-hydrogen) atoms. The highest BCUT2D eigenvalue weighted by molar-refractivity contribution is 5.86. The van der Waals surface area contributed by atoms with E-state index in [-0.39, 0.29) is 5.69 Å². The van der Waals surface area contributed by atoms with Gasteiger partial charge in [0.25, 0.3) is 0 Å². The molecule has 0 aliphatic heterocycles. The van der Waals surface area contributed by atoms with E-state index in [1.165, 1.54) is 5.56 Å². The van der Waals surface area contributed by atoms with Gasteiger partial charge in [0.05, 0.1) is 11.4 Å². The van der Waals surface area contributed by atoms with Gasteiger partial charge in [-0.15, -0.1) is 5.10 Å². The number of carboxylic acid groups (broad SMARTS) is 1. The quantitative estimate of drug-likeness (QED) is 0.930. The highest BCUT2D eigenvalue weighted by Gasteiger charge is 2.20. The predicted octanol–water partition coefficient (Wildman–Crippen LogP) is 2.78. The topological polar surface area (TPSA) is 68.0 Å². The van der Waals surface area contributed by atoms with E-state index in [0.717, 1.165) is 11.3 Å². The summed E-state index contributed by atoms with van der Waals surface area (Å²) in [5.74, 6) is -0.701. The second-order valence-electron chi connectivity index (χ2n) is 5.47. The molecule has 0 fully saturated rings. The summed E-state index contributed by atoms with van der Waals surface area (Å²) < 4.78 is 1.63. The number of carboxylic acids is 1. The van der Waals surface area contributed by atoms with Crippen molar-refractivity contribution < 1.29 is 9.90 Å². The number of carbonyl (C=O) groups is 1. The van der Waals surface area contributed by atoms with Crippen molar-refractivity contribution in [1.29, 1.82) is 0 Å². The van der Waals surface area contributed by atoms with Gasteiger partial charge in [-0.05, 0) is 49.4 Å². The number of aromatic carboxylic acids is 1. The highest BCUT2D eigenvalue weighted by Crippen LogP contribution is 2.19. The molecule has 1 N–H and O–H groups in total. The Labute approximate surface area is 118 Å². The van der Waals surface area contributed by atoms with E-state index in [1.807, 2.05) is 45.9 Å². The fourth-order valence-electron chi connectivity index (χ4n) is 2.10. The van der Waals surface area contributed by atoms with Gasteiger partial charge in [0.2, 0.25) is 0 Å². The SMILES string of the molecule is Cc1ccc(-n2nnc(C(=O)O)c2CC(C)C)cc1C. The van der Waals surface area contributed by atoms with Crippen molar-refractivity contribution in [3.8, 4) is 5.69 Å². The summed E-state index contributed by atoms with van der Waals surface area (Å²) in [5.41, 5.74) is 3.87. The normalized spacial score (nSPS) is 11.1. The molecule has 106 valence electrons. The van der Waals surface area contributed by atoms with Crippen LogP contribution < -0.4 is 0 Å². The number of aromatic nitrogens is 3. The maximum absolute atomic E-state index is 11.3. The van der Waals surface area contributed by atoms with E-state index in [0.29, 0.717) is 18.0 Å². The third kappa shape index (κ3) is 2.71. The van der Waals surface area contributed by atoms with Crippen molar-refractivity contribution in [3.63, 3.8) is 0 Å². The number of aryl methyl sites for hydroxylation is 2. The Morgan fingerprint density at radius 1 is 1.30 bits per heavy atom. The summed E-state index contributed by atoms with van der Waals surface area (Å²) in [5, 5.41) is 17.0. The molecule has 2 aromatic rings. The average Bonchev–Trinajstić information content (AvgIpc) is 2.75. The third-order valence-corrected chi connectivity index (χ3v) is 3.30. The van der Waals surface area contributed by atoms with Gasteiger partial charge >= 0.3 is 5.97 Å². The van der Waals surface area contributed by atoms with Crippen LogP contribution in [0.4, 0.5) is 0 Å². The summed E-state index contributed by atoms with van der Waals surface area (Å²) in [6.07, 6.45) is 0.627. The lowest BCUT2D eigenvalue weighted by atomic mass is 10.1. The first-order chi connectivity index (χ1) is 9.40. The smallest absolute Gasteiger partial charge is 0.358 e. The molecule has 1 aromatic heterocycles. The summed E-state index contributed by atoms with van der Waals surface area (Å²) in [6.45, 7) is 8.15. The minimum absolute atomic E-state index is 0.0388. The van der Waals surface area contributed by atoms with Gasteiger partial charge in [-0.3, -0.25) is 0 Å². The third-order valence-electron chi connectivity index (χ3n) is 3.30. The van der Waals surface area contributed by atoms with Crippen molar-refractivity contribution in [2.75, 3.05) is 0 Å². The monoisotopic (exact) mass is 273 g/mol. The molecule has 5 heteroatoms. The summed E-state index contributed by atoms with van der Waals surface area (Å²) >= 11 is 0. The molecular weight excluding hydrogens is 254 g/mol. The van der Waals surface area contributed by atoms with E-state index in [2.05, 4.69) is 10.3 Å². The van der Waals surface area contributed by atoms with E-state index < -0.39 is 5.97 Å². The average molecular weight is 273 g/mol. The highest BCUT2D eigenvalue weighted by atomic mass is 16.4. The van der Waals surface area contributed by atoms with E-state index >= 15 is 0 Å². The Kier molecular flexibility index (Phi) is 3.88. The molecule has 0 saturated carbocycles. The fourth-order valence-corrected chi connectivity index (χ4v) is 2.10. The van der Waals surface area contributed by atoms with Gasteiger partial charge in [-0.1, -0.05) is 25.1 Å². The number of benzene rings is 1. The number of rotatable bonds is 4. The van der Waals surface area contributed by atoms with Crippen molar-refractivity contribution in [2.45, 2.75) is 34.1 Å². The van der Waals surface area contributed by atoms with Crippen LogP contribution in [0, 0.1) is 19.8 Å². The van der Waals surface area contributed by atoms with Crippen LogP contribution in [0.5, 0.6) is 0 Å². The Morgan fingerprint density at radius 3 is 2.55 bits per heavy atom. The molecular formula is C15H19N3O2. The first-order valence-corrected chi connectivity index (χ1v) is 6.65. The second-order valence-corrected chi connectivity index (χ2v) is 5.47. The Bertz CT molecular complexity index is 645. The lowest BCUT2D eigenvalue weighted by Gasteiger charge is -2.10. The minimum Gasteiger partial charge on any atom is -0.476 e. The Hall–Kier alpha value is -2.17. The molecule has 0 aliphatic carbocycles. The number of nitrogens with zero attached hydrogens (tertiary/aromatic N) is 3. The summed E-state index contributed by atoms with van der Waals surface area (Å²) in [4.78, 5) is 11.3. The van der Waals surface area contributed by atoms with E-state index in [4.69, 9.17) is 0 Å².